The number of hydrogen-bond acceptors (Lipinski definition) is 5. The van der Waals surface area contributed by atoms with Crippen molar-refractivity contribution in [3.63, 3.8) is 0 Å². The molecule has 9 heteroatoms. The Hall–Kier alpha value is -2.88. The van der Waals surface area contributed by atoms with E-state index in [-0.39, 0.29) is 13.1 Å². The van der Waals surface area contributed by atoms with Gasteiger partial charge in [0, 0.05) is 38.3 Å². The van der Waals surface area contributed by atoms with Crippen LogP contribution in [0.4, 0.5) is 8.78 Å². The summed E-state index contributed by atoms with van der Waals surface area (Å²) in [5.74, 6) is -0.309. The Balaban J connectivity index is 2.17. The van der Waals surface area contributed by atoms with E-state index in [2.05, 4.69) is 17.2 Å². The van der Waals surface area contributed by atoms with Crippen LogP contribution in [0.5, 0.6) is 0 Å². The van der Waals surface area contributed by atoms with Crippen molar-refractivity contribution < 1.29 is 18.7 Å². The molecule has 1 aromatic carbocycles. The lowest BCUT2D eigenvalue weighted by Gasteiger charge is -2.43. The maximum atomic E-state index is 14.7. The predicted molar refractivity (Wildman–Crippen MR) is 142 cm³/mol. The minimum Gasteiger partial charge on any atom is -0.387 e. The van der Waals surface area contributed by atoms with E-state index in [0.29, 0.717) is 49.5 Å². The molecule has 7 nitrogen and oxygen atoms in total. The molecule has 0 bridgehead atoms. The SMILES string of the molecule is C=C(/C=C/F)c1cn(Cc2ccccc2)c(C(N(CC2CNCC2F)C(=O)CO)C(C)(C)CCNC)n1. The Labute approximate surface area is 218 Å². The van der Waals surface area contributed by atoms with E-state index in [9.17, 15) is 18.7 Å². The van der Waals surface area contributed by atoms with Gasteiger partial charge in [0.05, 0.1) is 18.1 Å². The van der Waals surface area contributed by atoms with E-state index >= 15 is 0 Å². The summed E-state index contributed by atoms with van der Waals surface area (Å²) in [6.45, 7) is 9.31. The largest absolute Gasteiger partial charge is 0.387 e. The molecule has 2 heterocycles. The number of benzene rings is 1. The topological polar surface area (TPSA) is 82.4 Å². The first-order valence-electron chi connectivity index (χ1n) is 12.7. The van der Waals surface area contributed by atoms with Gasteiger partial charge in [0.1, 0.15) is 18.6 Å². The highest BCUT2D eigenvalue weighted by Crippen LogP contribution is 2.42. The fourth-order valence-corrected chi connectivity index (χ4v) is 4.94. The average molecular weight is 516 g/mol. The first-order valence-corrected chi connectivity index (χ1v) is 12.7. The number of amides is 1. The number of allylic oxidation sites excluding steroid dienone is 2. The van der Waals surface area contributed by atoms with Crippen molar-refractivity contribution in [2.45, 2.75) is 39.0 Å². The molecule has 3 unspecified atom stereocenters. The molecule has 2 aromatic rings. The highest BCUT2D eigenvalue weighted by molar-refractivity contribution is 5.78. The van der Waals surface area contributed by atoms with Crippen molar-refractivity contribution in [1.82, 2.24) is 25.1 Å². The summed E-state index contributed by atoms with van der Waals surface area (Å²) < 4.78 is 29.7. The van der Waals surface area contributed by atoms with Gasteiger partial charge in [-0.15, -0.1) is 0 Å². The third kappa shape index (κ3) is 7.12. The van der Waals surface area contributed by atoms with Crippen LogP contribution in [-0.4, -0.2) is 71.5 Å². The van der Waals surface area contributed by atoms with Crippen molar-refractivity contribution in [1.29, 1.82) is 0 Å². The number of alkyl halides is 1. The molecule has 0 aliphatic carbocycles. The van der Waals surface area contributed by atoms with Crippen LogP contribution in [0.3, 0.4) is 0 Å². The van der Waals surface area contributed by atoms with Gasteiger partial charge in [-0.25, -0.2) is 13.8 Å². The maximum absolute atomic E-state index is 14.7. The first-order chi connectivity index (χ1) is 17.7. The van der Waals surface area contributed by atoms with Crippen molar-refractivity contribution in [2.24, 2.45) is 11.3 Å². The van der Waals surface area contributed by atoms with Gasteiger partial charge in [-0.3, -0.25) is 4.79 Å². The fraction of sp³-hybridized carbons (Fsp3) is 0.500. The van der Waals surface area contributed by atoms with Crippen molar-refractivity contribution >= 4 is 11.5 Å². The van der Waals surface area contributed by atoms with Gasteiger partial charge in [0.15, 0.2) is 0 Å². The Bertz CT molecular complexity index is 1070. The molecular formula is C28H39F2N5O2. The molecule has 1 fully saturated rings. The fourth-order valence-electron chi connectivity index (χ4n) is 4.94. The summed E-state index contributed by atoms with van der Waals surface area (Å²) in [6.07, 6.45) is 3.06. The number of halogens is 2. The number of imidazole rings is 1. The van der Waals surface area contributed by atoms with Crippen LogP contribution in [0.15, 0.2) is 55.5 Å². The highest BCUT2D eigenvalue weighted by atomic mass is 19.1. The molecule has 0 saturated carbocycles. The van der Waals surface area contributed by atoms with E-state index in [0.717, 1.165) is 5.56 Å². The number of nitrogens with one attached hydrogen (secondary N) is 2. The van der Waals surface area contributed by atoms with Gasteiger partial charge in [-0.2, -0.15) is 0 Å². The third-order valence-corrected chi connectivity index (χ3v) is 7.06. The van der Waals surface area contributed by atoms with Gasteiger partial charge < -0.3 is 25.2 Å². The van der Waals surface area contributed by atoms with Crippen LogP contribution in [0.1, 0.15) is 43.4 Å². The Morgan fingerprint density at radius 3 is 2.70 bits per heavy atom. The molecule has 37 heavy (non-hydrogen) atoms. The average Bonchev–Trinajstić information content (AvgIpc) is 3.48. The second kappa shape index (κ2) is 13.1. The van der Waals surface area contributed by atoms with Crippen molar-refractivity contribution in [3.8, 4) is 0 Å². The first kappa shape index (κ1) is 28.7. The van der Waals surface area contributed by atoms with E-state index < -0.39 is 36.1 Å². The predicted octanol–water partition coefficient (Wildman–Crippen LogP) is 3.48. The lowest BCUT2D eigenvalue weighted by Crippen LogP contribution is -2.48. The van der Waals surface area contributed by atoms with E-state index in [1.807, 2.05) is 62.0 Å². The van der Waals surface area contributed by atoms with Gasteiger partial charge in [0.2, 0.25) is 5.91 Å². The maximum Gasteiger partial charge on any atom is 0.248 e. The number of hydrogen-bond donors (Lipinski definition) is 3. The number of carbonyl (C=O) groups excluding carboxylic acids is 1. The number of aliphatic hydroxyl groups excluding tert-OH is 1. The summed E-state index contributed by atoms with van der Waals surface area (Å²) in [5, 5.41) is 16.2. The van der Waals surface area contributed by atoms with Crippen LogP contribution in [-0.2, 0) is 11.3 Å². The minimum atomic E-state index is -1.09. The summed E-state index contributed by atoms with van der Waals surface area (Å²) in [6, 6.07) is 9.23. The van der Waals surface area contributed by atoms with Crippen molar-refractivity contribution in [3.05, 3.63) is 72.6 Å². The Morgan fingerprint density at radius 2 is 2.11 bits per heavy atom. The molecule has 3 rings (SSSR count). The number of rotatable bonds is 13. The zero-order valence-electron chi connectivity index (χ0n) is 22.0. The highest BCUT2D eigenvalue weighted by Gasteiger charge is 2.42. The van der Waals surface area contributed by atoms with Crippen LogP contribution in [0.25, 0.3) is 5.57 Å². The molecule has 1 amide bonds. The molecule has 0 radical (unpaired) electrons. The molecule has 0 spiro atoms. The van der Waals surface area contributed by atoms with Crippen LogP contribution >= 0.6 is 0 Å². The number of aromatic nitrogens is 2. The summed E-state index contributed by atoms with van der Waals surface area (Å²) >= 11 is 0. The van der Waals surface area contributed by atoms with Crippen molar-refractivity contribution in [2.75, 3.05) is 39.8 Å². The molecule has 202 valence electrons. The molecule has 1 saturated heterocycles. The second-order valence-electron chi connectivity index (χ2n) is 10.3. The third-order valence-electron chi connectivity index (χ3n) is 7.06. The molecule has 1 aromatic heterocycles. The Morgan fingerprint density at radius 1 is 1.38 bits per heavy atom. The minimum absolute atomic E-state index is 0.139. The van der Waals surface area contributed by atoms with Crippen LogP contribution in [0.2, 0.25) is 0 Å². The summed E-state index contributed by atoms with van der Waals surface area (Å²) in [7, 11) is 1.86. The van der Waals surface area contributed by atoms with Gasteiger partial charge in [0.25, 0.3) is 0 Å². The molecule has 3 N–H and O–H groups in total. The number of aliphatic hydroxyl groups is 1. The number of nitrogens with zero attached hydrogens (tertiary/aromatic N) is 3. The normalized spacial score (nSPS) is 18.9. The smallest absolute Gasteiger partial charge is 0.248 e. The van der Waals surface area contributed by atoms with E-state index in [1.165, 1.54) is 6.08 Å². The van der Waals surface area contributed by atoms with Gasteiger partial charge in [-0.1, -0.05) is 50.8 Å². The monoisotopic (exact) mass is 515 g/mol. The van der Waals surface area contributed by atoms with E-state index in [1.54, 1.807) is 4.90 Å². The number of carbonyl (C=O) groups is 1. The second-order valence-corrected chi connectivity index (χ2v) is 10.3. The summed E-state index contributed by atoms with van der Waals surface area (Å²) in [5.41, 5.74) is 1.39. The standard InChI is InChI=1S/C28H39F2N5O2/c1-20(10-12-29)24-18-34(16-21-8-6-5-7-9-21)27(33-24)26(28(2,3)11-13-31-4)35(25(37)19-36)17-22-14-32-15-23(22)30/h5-10,12,18,22-23,26,31-32,36H,1,11,13-17,19H2,2-4H3/b12-10+. The zero-order valence-corrected chi connectivity index (χ0v) is 22.0. The lowest BCUT2D eigenvalue weighted by atomic mass is 9.79. The zero-order chi connectivity index (χ0) is 27.0. The molecule has 1 aliphatic rings. The van der Waals surface area contributed by atoms with Gasteiger partial charge in [-0.05, 0) is 42.6 Å². The quantitative estimate of drug-likeness (QED) is 0.356. The lowest BCUT2D eigenvalue weighted by molar-refractivity contribution is -0.141. The van der Waals surface area contributed by atoms with Crippen LogP contribution in [0, 0.1) is 11.3 Å². The summed E-state index contributed by atoms with van der Waals surface area (Å²) in [4.78, 5) is 19.7. The van der Waals surface area contributed by atoms with E-state index in [4.69, 9.17) is 4.98 Å². The van der Waals surface area contributed by atoms with Crippen LogP contribution < -0.4 is 10.6 Å². The molecule has 3 atom stereocenters. The van der Waals surface area contributed by atoms with Gasteiger partial charge >= 0.3 is 0 Å². The molecule has 1 aliphatic heterocycles. The Kier molecular flexibility index (Phi) is 10.1. The molecular weight excluding hydrogens is 476 g/mol.